The highest BCUT2D eigenvalue weighted by Crippen LogP contribution is 2.18. The molecule has 0 aliphatic carbocycles. The van der Waals surface area contributed by atoms with Gasteiger partial charge in [-0.3, -0.25) is 4.90 Å². The van der Waals surface area contributed by atoms with Crippen LogP contribution in [0.2, 0.25) is 0 Å². The molecule has 0 bridgehead atoms. The van der Waals surface area contributed by atoms with Gasteiger partial charge in [-0.2, -0.15) is 0 Å². The van der Waals surface area contributed by atoms with Gasteiger partial charge in [0.15, 0.2) is 0 Å². The van der Waals surface area contributed by atoms with Gasteiger partial charge in [0.2, 0.25) is 0 Å². The van der Waals surface area contributed by atoms with E-state index in [1.54, 1.807) is 12.1 Å². The molecule has 2 N–H and O–H groups in total. The minimum atomic E-state index is -0.242. The molecule has 0 radical (unpaired) electrons. The van der Waals surface area contributed by atoms with Crippen LogP contribution in [-0.2, 0) is 4.74 Å². The van der Waals surface area contributed by atoms with Gasteiger partial charge in [0, 0.05) is 25.7 Å². The Bertz CT molecular complexity index is 453. The van der Waals surface area contributed by atoms with Gasteiger partial charge in [-0.15, -0.1) is 0 Å². The van der Waals surface area contributed by atoms with E-state index < -0.39 is 0 Å². The third kappa shape index (κ3) is 5.91. The third-order valence-corrected chi connectivity index (χ3v) is 3.59. The van der Waals surface area contributed by atoms with Crippen molar-refractivity contribution in [2.24, 2.45) is 5.73 Å². The predicted octanol–water partition coefficient (Wildman–Crippen LogP) is 2.42. The third-order valence-electron chi connectivity index (χ3n) is 3.59. The second kappa shape index (κ2) is 7.40. The molecule has 0 amide bonds. The lowest BCUT2D eigenvalue weighted by Crippen LogP contribution is -2.54. The topological polar surface area (TPSA) is 47.7 Å². The van der Waals surface area contributed by atoms with Crippen molar-refractivity contribution in [1.29, 1.82) is 0 Å². The number of hydrogen-bond acceptors (Lipinski definition) is 4. The van der Waals surface area contributed by atoms with E-state index in [2.05, 4.69) is 4.90 Å². The maximum Gasteiger partial charge on any atom is 0.124 e. The van der Waals surface area contributed by atoms with Gasteiger partial charge < -0.3 is 15.2 Å². The van der Waals surface area contributed by atoms with Crippen LogP contribution in [0, 0.1) is 5.82 Å². The lowest BCUT2D eigenvalue weighted by atomic mass is 10.1. The summed E-state index contributed by atoms with van der Waals surface area (Å²) in [7, 11) is 0. The normalized spacial score (nSPS) is 18.0. The molecule has 1 aliphatic heterocycles. The summed E-state index contributed by atoms with van der Waals surface area (Å²) in [6, 6.07) is 6.23. The summed E-state index contributed by atoms with van der Waals surface area (Å²) in [5.74, 6) is 0.482. The number of hydrogen-bond donors (Lipinski definition) is 1. The summed E-state index contributed by atoms with van der Waals surface area (Å²) in [6.45, 7) is 9.44. The molecule has 4 nitrogen and oxygen atoms in total. The molecule has 1 aromatic rings. The van der Waals surface area contributed by atoms with Gasteiger partial charge in [-0.05, 0) is 51.5 Å². The maximum atomic E-state index is 12.8. The van der Waals surface area contributed by atoms with Crippen molar-refractivity contribution < 1.29 is 13.9 Å². The number of rotatable bonds is 7. The quantitative estimate of drug-likeness (QED) is 0.840. The largest absolute Gasteiger partial charge is 0.488 e. The minimum Gasteiger partial charge on any atom is -0.488 e. The summed E-state index contributed by atoms with van der Waals surface area (Å²) in [5.41, 5.74) is 5.93. The number of likely N-dealkylation sites (tertiary alicyclic amines) is 1. The van der Waals surface area contributed by atoms with E-state index in [-0.39, 0.29) is 23.6 Å². The van der Waals surface area contributed by atoms with Crippen LogP contribution in [0.15, 0.2) is 24.3 Å². The van der Waals surface area contributed by atoms with Gasteiger partial charge in [-0.25, -0.2) is 4.39 Å². The number of nitrogens with two attached hydrogens (primary N) is 1. The Morgan fingerprint density at radius 1 is 1.27 bits per heavy atom. The first-order valence-corrected chi connectivity index (χ1v) is 7.86. The highest BCUT2D eigenvalue weighted by Gasteiger charge is 2.28. The van der Waals surface area contributed by atoms with Crippen LogP contribution >= 0.6 is 0 Å². The molecule has 124 valence electrons. The van der Waals surface area contributed by atoms with Crippen LogP contribution in [0.5, 0.6) is 5.75 Å². The number of nitrogens with zero attached hydrogens (tertiary/aromatic N) is 1. The molecule has 1 fully saturated rings. The summed E-state index contributed by atoms with van der Waals surface area (Å²) in [4.78, 5) is 2.31. The van der Waals surface area contributed by atoms with E-state index in [0.29, 0.717) is 6.61 Å². The molecule has 1 saturated heterocycles. The second-order valence-electron chi connectivity index (χ2n) is 6.93. The zero-order chi connectivity index (χ0) is 16.2. The molecule has 2 rings (SSSR count). The number of benzene rings is 1. The first-order chi connectivity index (χ1) is 10.3. The summed E-state index contributed by atoms with van der Waals surface area (Å²) in [5, 5.41) is 0. The van der Waals surface area contributed by atoms with E-state index in [1.807, 2.05) is 20.8 Å². The van der Waals surface area contributed by atoms with Gasteiger partial charge in [-0.1, -0.05) is 0 Å². The zero-order valence-corrected chi connectivity index (χ0v) is 13.7. The van der Waals surface area contributed by atoms with Crippen molar-refractivity contribution in [3.63, 3.8) is 0 Å². The SMILES string of the molecule is CC(C)(C)OCC(N)CCN1CC(Oc2ccc(F)cc2)C1. The molecule has 1 heterocycles. The van der Waals surface area contributed by atoms with Crippen LogP contribution in [0.1, 0.15) is 27.2 Å². The highest BCUT2D eigenvalue weighted by molar-refractivity contribution is 5.22. The van der Waals surface area contributed by atoms with E-state index in [4.69, 9.17) is 15.2 Å². The first-order valence-electron chi connectivity index (χ1n) is 7.86. The Morgan fingerprint density at radius 2 is 1.91 bits per heavy atom. The fraction of sp³-hybridized carbons (Fsp3) is 0.647. The van der Waals surface area contributed by atoms with Crippen molar-refractivity contribution in [1.82, 2.24) is 4.90 Å². The smallest absolute Gasteiger partial charge is 0.124 e. The molecule has 0 spiro atoms. The van der Waals surface area contributed by atoms with Crippen molar-refractivity contribution in [3.8, 4) is 5.75 Å². The van der Waals surface area contributed by atoms with E-state index in [1.165, 1.54) is 12.1 Å². The van der Waals surface area contributed by atoms with E-state index >= 15 is 0 Å². The van der Waals surface area contributed by atoms with Gasteiger partial charge in [0.1, 0.15) is 17.7 Å². The summed E-state index contributed by atoms with van der Waals surface area (Å²) >= 11 is 0. The number of halogens is 1. The molecule has 1 unspecified atom stereocenters. The fourth-order valence-electron chi connectivity index (χ4n) is 2.27. The Hall–Kier alpha value is -1.17. The summed E-state index contributed by atoms with van der Waals surface area (Å²) < 4.78 is 24.3. The molecule has 22 heavy (non-hydrogen) atoms. The van der Waals surface area contributed by atoms with Crippen molar-refractivity contribution in [3.05, 3.63) is 30.1 Å². The Morgan fingerprint density at radius 3 is 2.50 bits per heavy atom. The van der Waals surface area contributed by atoms with Crippen molar-refractivity contribution in [2.45, 2.75) is 44.9 Å². The van der Waals surface area contributed by atoms with Crippen molar-refractivity contribution in [2.75, 3.05) is 26.2 Å². The highest BCUT2D eigenvalue weighted by atomic mass is 19.1. The van der Waals surface area contributed by atoms with Crippen LogP contribution in [0.3, 0.4) is 0 Å². The Kier molecular flexibility index (Phi) is 5.78. The fourth-order valence-corrected chi connectivity index (χ4v) is 2.27. The first kappa shape index (κ1) is 17.2. The van der Waals surface area contributed by atoms with Crippen LogP contribution in [-0.4, -0.2) is 48.9 Å². The van der Waals surface area contributed by atoms with Crippen LogP contribution in [0.4, 0.5) is 4.39 Å². The molecule has 1 aliphatic rings. The Balaban J connectivity index is 1.58. The van der Waals surface area contributed by atoms with Crippen molar-refractivity contribution >= 4 is 0 Å². The van der Waals surface area contributed by atoms with Gasteiger partial charge in [0.05, 0.1) is 12.2 Å². The lowest BCUT2D eigenvalue weighted by molar-refractivity contribution is -0.0164. The molecule has 0 saturated carbocycles. The van der Waals surface area contributed by atoms with Gasteiger partial charge in [0.25, 0.3) is 0 Å². The average molecular weight is 310 g/mol. The Labute approximate surface area is 132 Å². The summed E-state index contributed by atoms with van der Waals surface area (Å²) in [6.07, 6.45) is 1.10. The molecule has 0 aromatic heterocycles. The lowest BCUT2D eigenvalue weighted by Gasteiger charge is -2.39. The molecular formula is C17H27FN2O2. The van der Waals surface area contributed by atoms with E-state index in [9.17, 15) is 4.39 Å². The van der Waals surface area contributed by atoms with Gasteiger partial charge >= 0.3 is 0 Å². The monoisotopic (exact) mass is 310 g/mol. The minimum absolute atomic E-state index is 0.0660. The van der Waals surface area contributed by atoms with Crippen LogP contribution in [0.25, 0.3) is 0 Å². The van der Waals surface area contributed by atoms with E-state index in [0.717, 1.165) is 31.8 Å². The average Bonchev–Trinajstić information content (AvgIpc) is 2.40. The standard InChI is InChI=1S/C17H27FN2O2/c1-17(2,3)21-12-14(19)8-9-20-10-16(11-20)22-15-6-4-13(18)5-7-15/h4-7,14,16H,8-12,19H2,1-3H3. The molecule has 1 aromatic carbocycles. The second-order valence-corrected chi connectivity index (χ2v) is 6.93. The molecule has 1 atom stereocenters. The molecule has 5 heteroatoms. The zero-order valence-electron chi connectivity index (χ0n) is 13.7. The maximum absolute atomic E-state index is 12.8. The number of ether oxygens (including phenoxy) is 2. The molecular weight excluding hydrogens is 283 g/mol. The van der Waals surface area contributed by atoms with Crippen LogP contribution < -0.4 is 10.5 Å². The predicted molar refractivity (Wildman–Crippen MR) is 85.6 cm³/mol.